The number of aliphatic imine (C=N–C) groups is 1. The Bertz CT molecular complexity index is 1110. The summed E-state index contributed by atoms with van der Waals surface area (Å²) in [4.78, 5) is 20.0. The number of hydrogen-bond donors (Lipinski definition) is 0. The van der Waals surface area contributed by atoms with Gasteiger partial charge in [-0.25, -0.2) is 4.79 Å². The molecule has 5 nitrogen and oxygen atoms in total. The molecule has 3 rings (SSSR count). The Morgan fingerprint density at radius 2 is 1.75 bits per heavy atom. The summed E-state index contributed by atoms with van der Waals surface area (Å²) in [5, 5.41) is 0.839. The molecule has 0 radical (unpaired) electrons. The fourth-order valence-electron chi connectivity index (χ4n) is 4.35. The number of amides is 1. The van der Waals surface area contributed by atoms with Crippen molar-refractivity contribution in [2.75, 3.05) is 26.2 Å². The second-order valence-corrected chi connectivity index (χ2v) is 10.8. The molecule has 1 aromatic carbocycles. The second-order valence-electron chi connectivity index (χ2n) is 10.3. The van der Waals surface area contributed by atoms with Crippen LogP contribution in [0.3, 0.4) is 0 Å². The number of benzene rings is 1. The predicted octanol–water partition coefficient (Wildman–Crippen LogP) is 8.75. The normalized spacial score (nSPS) is 18.2. The lowest BCUT2D eigenvalue weighted by Gasteiger charge is -2.37. The van der Waals surface area contributed by atoms with Crippen LogP contribution in [0.5, 0.6) is 0 Å². The number of rotatable bonds is 8. The molecule has 40 heavy (non-hydrogen) atoms. The van der Waals surface area contributed by atoms with Crippen LogP contribution < -0.4 is 0 Å². The van der Waals surface area contributed by atoms with E-state index < -0.39 is 11.7 Å². The summed E-state index contributed by atoms with van der Waals surface area (Å²) in [6, 6.07) is 8.02. The number of carbonyl (C=O) groups excluding carboxylic acids is 1. The minimum Gasteiger partial charge on any atom is -0.443 e. The zero-order valence-electron chi connectivity index (χ0n) is 24.6. The van der Waals surface area contributed by atoms with E-state index in [1.165, 1.54) is 18.9 Å². The van der Waals surface area contributed by atoms with Crippen LogP contribution in [0.1, 0.15) is 72.8 Å². The van der Waals surface area contributed by atoms with Crippen molar-refractivity contribution in [2.24, 2.45) is 4.99 Å². The van der Waals surface area contributed by atoms with E-state index in [1.54, 1.807) is 31.0 Å². The average molecular weight is 582 g/mol. The highest BCUT2D eigenvalue weighted by Crippen LogP contribution is 2.39. The van der Waals surface area contributed by atoms with Crippen LogP contribution in [0.2, 0.25) is 5.02 Å². The average Bonchev–Trinajstić information content (AvgIpc) is 3.63. The van der Waals surface area contributed by atoms with Crippen molar-refractivity contribution < 1.29 is 22.7 Å². The lowest BCUT2D eigenvalue weighted by molar-refractivity contribution is -0.0891. The lowest BCUT2D eigenvalue weighted by atomic mass is 9.98. The summed E-state index contributed by atoms with van der Waals surface area (Å²) in [6.07, 6.45) is 4.40. The first-order valence-electron chi connectivity index (χ1n) is 14.0. The molecule has 1 heterocycles. The van der Waals surface area contributed by atoms with Crippen molar-refractivity contribution in [1.29, 1.82) is 0 Å². The van der Waals surface area contributed by atoms with Gasteiger partial charge in [0.2, 0.25) is 0 Å². The van der Waals surface area contributed by atoms with E-state index in [0.29, 0.717) is 37.6 Å². The summed E-state index contributed by atoms with van der Waals surface area (Å²) in [7, 11) is 0. The molecule has 222 valence electrons. The van der Waals surface area contributed by atoms with Gasteiger partial charge in [-0.05, 0) is 71.1 Å². The van der Waals surface area contributed by atoms with Gasteiger partial charge < -0.3 is 14.5 Å². The zero-order valence-corrected chi connectivity index (χ0v) is 25.3. The number of carbonyl (C=O) groups is 1. The summed E-state index contributed by atoms with van der Waals surface area (Å²) >= 11 is 5.78. The summed E-state index contributed by atoms with van der Waals surface area (Å²) < 4.78 is 46.6. The third kappa shape index (κ3) is 10.3. The number of allylic oxidation sites excluding steroid dienone is 5. The molecule has 0 atom stereocenters. The van der Waals surface area contributed by atoms with Crippen molar-refractivity contribution in [3.8, 4) is 0 Å². The lowest BCUT2D eigenvalue weighted by Crippen LogP contribution is -2.49. The predicted molar refractivity (Wildman–Crippen MR) is 158 cm³/mol. The fraction of sp³-hybridized carbons (Fsp3) is 0.548. The molecule has 1 amide bonds. The molecule has 1 saturated heterocycles. The maximum Gasteiger partial charge on any atom is 0.416 e. The topological polar surface area (TPSA) is 45.1 Å². The molecule has 2 fully saturated rings. The van der Waals surface area contributed by atoms with Gasteiger partial charge in [0.05, 0.1) is 5.57 Å². The number of alkyl halides is 3. The van der Waals surface area contributed by atoms with Crippen LogP contribution in [0, 0.1) is 0 Å². The van der Waals surface area contributed by atoms with Crippen LogP contribution >= 0.6 is 11.6 Å². The van der Waals surface area contributed by atoms with Crippen molar-refractivity contribution in [2.45, 2.75) is 85.4 Å². The monoisotopic (exact) mass is 581 g/mol. The van der Waals surface area contributed by atoms with E-state index in [1.807, 2.05) is 36.9 Å². The summed E-state index contributed by atoms with van der Waals surface area (Å²) in [5.41, 5.74) is 1.20. The largest absolute Gasteiger partial charge is 0.443 e. The van der Waals surface area contributed by atoms with Gasteiger partial charge in [0.25, 0.3) is 0 Å². The van der Waals surface area contributed by atoms with Crippen molar-refractivity contribution >= 4 is 23.4 Å². The Balaban J connectivity index is 0.000000469. The molecular formula is C31H43ClF3N3O2. The van der Waals surface area contributed by atoms with Gasteiger partial charge >= 0.3 is 12.3 Å². The summed E-state index contributed by atoms with van der Waals surface area (Å²) in [6.45, 7) is 12.4. The van der Waals surface area contributed by atoms with E-state index in [2.05, 4.69) is 18.0 Å². The number of ether oxygens (including phenoxy) is 1. The van der Waals surface area contributed by atoms with E-state index >= 15 is 0 Å². The van der Waals surface area contributed by atoms with Crippen LogP contribution in [0.15, 0.2) is 64.5 Å². The maximum absolute atomic E-state index is 13.7. The second kappa shape index (κ2) is 15.3. The Kier molecular flexibility index (Phi) is 12.8. The highest BCUT2D eigenvalue weighted by Gasteiger charge is 2.43. The highest BCUT2D eigenvalue weighted by atomic mass is 35.5. The van der Waals surface area contributed by atoms with Gasteiger partial charge in [0, 0.05) is 54.4 Å². The van der Waals surface area contributed by atoms with E-state index in [4.69, 9.17) is 16.3 Å². The molecule has 0 spiro atoms. The first-order chi connectivity index (χ1) is 18.8. The van der Waals surface area contributed by atoms with Crippen molar-refractivity contribution in [3.05, 3.63) is 70.0 Å². The Morgan fingerprint density at radius 1 is 1.12 bits per heavy atom. The van der Waals surface area contributed by atoms with E-state index in [-0.39, 0.29) is 17.3 Å². The summed E-state index contributed by atoms with van der Waals surface area (Å²) in [5.74, 6) is 0. The minimum atomic E-state index is -4.48. The number of nitrogens with zero attached hydrogens (tertiary/aromatic N) is 3. The third-order valence-electron chi connectivity index (χ3n) is 6.92. The van der Waals surface area contributed by atoms with Crippen molar-refractivity contribution in [1.82, 2.24) is 9.80 Å². The highest BCUT2D eigenvalue weighted by molar-refractivity contribution is 6.30. The molecular weight excluding hydrogens is 539 g/mol. The first-order valence-corrected chi connectivity index (χ1v) is 14.3. The maximum atomic E-state index is 13.7. The zero-order chi connectivity index (χ0) is 29.9. The molecule has 0 aromatic heterocycles. The van der Waals surface area contributed by atoms with Crippen LogP contribution in [0.25, 0.3) is 0 Å². The number of halogens is 4. The quantitative estimate of drug-likeness (QED) is 0.228. The minimum absolute atomic E-state index is 0.0901. The van der Waals surface area contributed by atoms with Crippen LogP contribution in [-0.2, 0) is 11.2 Å². The number of hydrogen-bond acceptors (Lipinski definition) is 4. The molecule has 0 N–H and O–H groups in total. The van der Waals surface area contributed by atoms with E-state index in [0.717, 1.165) is 36.8 Å². The molecule has 0 bridgehead atoms. The van der Waals surface area contributed by atoms with Gasteiger partial charge in [-0.15, -0.1) is 0 Å². The smallest absolute Gasteiger partial charge is 0.416 e. The molecule has 1 aromatic rings. The molecule has 9 heteroatoms. The van der Waals surface area contributed by atoms with Crippen LogP contribution in [0.4, 0.5) is 18.0 Å². The van der Waals surface area contributed by atoms with Crippen LogP contribution in [-0.4, -0.2) is 59.6 Å². The Hall–Kier alpha value is -2.74. The molecule has 1 saturated carbocycles. The van der Waals surface area contributed by atoms with Gasteiger partial charge in [0.1, 0.15) is 5.60 Å². The third-order valence-corrected chi connectivity index (χ3v) is 7.16. The van der Waals surface area contributed by atoms with Crippen molar-refractivity contribution in [3.63, 3.8) is 0 Å². The Morgan fingerprint density at radius 3 is 2.25 bits per heavy atom. The molecule has 1 aliphatic carbocycles. The molecule has 2 aliphatic rings. The first kappa shape index (κ1) is 33.5. The standard InChI is InChI=1S/C22H32F3N3O2.C9H11Cl/c1-6-8-11-26-16(3)19(18(7-2)22(23,24)25)17(4)27-12-14-28(15-13-27)20(29)30-21(5)9-10-21;1-2-4-8-5-3-6-9(10)7-8/h7-8,11H,6,9-10,12-15H2,1-5H3;3,5-7H,2,4H2,1H3/b11-8+,18-7+,19-17-,26-16+;. The van der Waals surface area contributed by atoms with Gasteiger partial charge in [-0.1, -0.05) is 56.2 Å². The number of aryl methyl sites for hydroxylation is 1. The molecule has 1 aliphatic heterocycles. The fourth-order valence-corrected chi connectivity index (χ4v) is 4.57. The Labute approximate surface area is 242 Å². The van der Waals surface area contributed by atoms with Gasteiger partial charge in [0.15, 0.2) is 0 Å². The SMILES string of the molecule is CCCc1cccc(Cl)c1.C\C=C(C(/C(C)=N/C=C/CC)=C(/C)N1CCN(C(=O)OC2(C)CC2)CC1)\C(F)(F)F. The van der Waals surface area contributed by atoms with Gasteiger partial charge in [-0.3, -0.25) is 4.99 Å². The van der Waals surface area contributed by atoms with Gasteiger partial charge in [-0.2, -0.15) is 13.2 Å². The molecule has 0 unspecified atom stereocenters. The number of piperazine rings is 1. The van der Waals surface area contributed by atoms with E-state index in [9.17, 15) is 18.0 Å².